The van der Waals surface area contributed by atoms with E-state index in [4.69, 9.17) is 0 Å². The van der Waals surface area contributed by atoms with Crippen LogP contribution in [0.2, 0.25) is 0 Å². The van der Waals surface area contributed by atoms with Gasteiger partial charge in [-0.1, -0.05) is 25.3 Å². The van der Waals surface area contributed by atoms with Crippen molar-refractivity contribution in [3.8, 4) is 0 Å². The molecule has 2 heteroatoms. The Morgan fingerprint density at radius 1 is 1.29 bits per heavy atom. The predicted octanol–water partition coefficient (Wildman–Crippen LogP) is 2.22. The lowest BCUT2D eigenvalue weighted by atomic mass is 9.82. The monoisotopic (exact) mass is 194 g/mol. The maximum atomic E-state index is 11.4. The SMILES string of the molecule is O=C1CCC=C1[C@@H](O)C1CCCCC1. The summed E-state index contributed by atoms with van der Waals surface area (Å²) in [7, 11) is 0. The van der Waals surface area contributed by atoms with E-state index in [0.717, 1.165) is 19.3 Å². The van der Waals surface area contributed by atoms with Crippen LogP contribution in [0, 0.1) is 5.92 Å². The molecular weight excluding hydrogens is 176 g/mol. The van der Waals surface area contributed by atoms with Crippen LogP contribution in [0.1, 0.15) is 44.9 Å². The molecule has 0 radical (unpaired) electrons. The Morgan fingerprint density at radius 3 is 2.57 bits per heavy atom. The van der Waals surface area contributed by atoms with E-state index >= 15 is 0 Å². The van der Waals surface area contributed by atoms with E-state index in [9.17, 15) is 9.90 Å². The van der Waals surface area contributed by atoms with Gasteiger partial charge in [-0.2, -0.15) is 0 Å². The van der Waals surface area contributed by atoms with Gasteiger partial charge in [0.25, 0.3) is 0 Å². The summed E-state index contributed by atoms with van der Waals surface area (Å²) in [5.41, 5.74) is 0.705. The highest BCUT2D eigenvalue weighted by Crippen LogP contribution is 2.31. The molecule has 0 aromatic carbocycles. The van der Waals surface area contributed by atoms with E-state index in [1.54, 1.807) is 0 Å². The first-order valence-corrected chi connectivity index (χ1v) is 5.70. The lowest BCUT2D eigenvalue weighted by Gasteiger charge is -2.26. The Labute approximate surface area is 85.0 Å². The van der Waals surface area contributed by atoms with E-state index in [-0.39, 0.29) is 5.78 Å². The van der Waals surface area contributed by atoms with Crippen LogP contribution < -0.4 is 0 Å². The summed E-state index contributed by atoms with van der Waals surface area (Å²) in [6, 6.07) is 0. The van der Waals surface area contributed by atoms with Crippen molar-refractivity contribution in [2.45, 2.75) is 51.0 Å². The van der Waals surface area contributed by atoms with Gasteiger partial charge in [0, 0.05) is 12.0 Å². The van der Waals surface area contributed by atoms with Gasteiger partial charge in [-0.15, -0.1) is 0 Å². The van der Waals surface area contributed by atoms with Gasteiger partial charge < -0.3 is 5.11 Å². The molecule has 0 saturated heterocycles. The molecule has 0 bridgehead atoms. The van der Waals surface area contributed by atoms with Crippen molar-refractivity contribution < 1.29 is 9.90 Å². The predicted molar refractivity (Wildman–Crippen MR) is 54.9 cm³/mol. The third-order valence-electron chi connectivity index (χ3n) is 3.47. The lowest BCUT2D eigenvalue weighted by Crippen LogP contribution is -2.27. The van der Waals surface area contributed by atoms with Crippen LogP contribution in [0.25, 0.3) is 0 Å². The standard InChI is InChI=1S/C12H18O2/c13-11-8-4-7-10(11)12(14)9-5-2-1-3-6-9/h7,9,12,14H,1-6,8H2/t12-/m0/s1. The third kappa shape index (κ3) is 1.90. The van der Waals surface area contributed by atoms with Crippen LogP contribution in [0.15, 0.2) is 11.6 Å². The number of aliphatic hydroxyl groups excluding tert-OH is 1. The van der Waals surface area contributed by atoms with Gasteiger partial charge in [-0.25, -0.2) is 0 Å². The van der Waals surface area contributed by atoms with Crippen molar-refractivity contribution >= 4 is 5.78 Å². The molecule has 1 N–H and O–H groups in total. The fraction of sp³-hybridized carbons (Fsp3) is 0.750. The molecule has 1 saturated carbocycles. The molecule has 0 amide bonds. The minimum Gasteiger partial charge on any atom is -0.388 e. The topological polar surface area (TPSA) is 37.3 Å². The summed E-state index contributed by atoms with van der Waals surface area (Å²) >= 11 is 0. The Morgan fingerprint density at radius 2 is 2.00 bits per heavy atom. The molecule has 2 aliphatic rings. The number of allylic oxidation sites excluding steroid dienone is 1. The van der Waals surface area contributed by atoms with E-state index in [2.05, 4.69) is 0 Å². The van der Waals surface area contributed by atoms with Crippen LogP contribution in [0.5, 0.6) is 0 Å². The summed E-state index contributed by atoms with van der Waals surface area (Å²) in [6.07, 6.45) is 8.80. The minimum atomic E-state index is -0.467. The van der Waals surface area contributed by atoms with Crippen LogP contribution in [-0.4, -0.2) is 17.0 Å². The largest absolute Gasteiger partial charge is 0.388 e. The minimum absolute atomic E-state index is 0.170. The van der Waals surface area contributed by atoms with Gasteiger partial charge in [0.2, 0.25) is 0 Å². The first-order chi connectivity index (χ1) is 6.79. The van der Waals surface area contributed by atoms with Crippen LogP contribution in [0.4, 0.5) is 0 Å². The van der Waals surface area contributed by atoms with Gasteiger partial charge in [-0.3, -0.25) is 4.79 Å². The number of rotatable bonds is 2. The molecule has 2 aliphatic carbocycles. The highest BCUT2D eigenvalue weighted by atomic mass is 16.3. The number of aliphatic hydroxyl groups is 1. The summed E-state index contributed by atoms with van der Waals surface area (Å²) in [6.45, 7) is 0. The molecule has 0 heterocycles. The van der Waals surface area contributed by atoms with Gasteiger partial charge >= 0.3 is 0 Å². The quantitative estimate of drug-likeness (QED) is 0.731. The van der Waals surface area contributed by atoms with Crippen molar-refractivity contribution in [2.24, 2.45) is 5.92 Å². The van der Waals surface area contributed by atoms with E-state index in [1.165, 1.54) is 19.3 Å². The Hall–Kier alpha value is -0.630. The summed E-state index contributed by atoms with van der Waals surface area (Å²) in [4.78, 5) is 11.4. The third-order valence-corrected chi connectivity index (χ3v) is 3.47. The molecule has 0 aromatic heterocycles. The van der Waals surface area contributed by atoms with Crippen LogP contribution in [0.3, 0.4) is 0 Å². The average Bonchev–Trinajstić information content (AvgIpc) is 2.65. The number of carbonyl (C=O) groups is 1. The van der Waals surface area contributed by atoms with Crippen molar-refractivity contribution in [3.63, 3.8) is 0 Å². The smallest absolute Gasteiger partial charge is 0.161 e. The number of ketones is 1. The molecule has 14 heavy (non-hydrogen) atoms. The molecule has 2 rings (SSSR count). The second-order valence-electron chi connectivity index (χ2n) is 4.46. The molecule has 1 fully saturated rings. The molecule has 1 atom stereocenters. The summed E-state index contributed by atoms with van der Waals surface area (Å²) in [5.74, 6) is 0.514. The number of hydrogen-bond donors (Lipinski definition) is 1. The van der Waals surface area contributed by atoms with E-state index in [1.807, 2.05) is 6.08 Å². The first kappa shape index (κ1) is 9.91. The number of carbonyl (C=O) groups excluding carboxylic acids is 1. The fourth-order valence-corrected chi connectivity index (χ4v) is 2.61. The van der Waals surface area contributed by atoms with Crippen LogP contribution >= 0.6 is 0 Å². The van der Waals surface area contributed by atoms with Crippen molar-refractivity contribution in [3.05, 3.63) is 11.6 Å². The lowest BCUT2D eigenvalue weighted by molar-refractivity contribution is -0.116. The summed E-state index contributed by atoms with van der Waals surface area (Å²) < 4.78 is 0. The second kappa shape index (κ2) is 4.26. The van der Waals surface area contributed by atoms with Gasteiger partial charge in [-0.05, 0) is 25.2 Å². The maximum absolute atomic E-state index is 11.4. The molecule has 0 spiro atoms. The normalized spacial score (nSPS) is 26.4. The highest BCUT2D eigenvalue weighted by Gasteiger charge is 2.29. The Balaban J connectivity index is 1.99. The van der Waals surface area contributed by atoms with Crippen molar-refractivity contribution in [1.29, 1.82) is 0 Å². The van der Waals surface area contributed by atoms with Crippen LogP contribution in [-0.2, 0) is 4.79 Å². The summed E-state index contributed by atoms with van der Waals surface area (Å²) in [5, 5.41) is 10.1. The van der Waals surface area contributed by atoms with Crippen molar-refractivity contribution in [1.82, 2.24) is 0 Å². The zero-order chi connectivity index (χ0) is 9.97. The molecular formula is C12H18O2. The average molecular weight is 194 g/mol. The maximum Gasteiger partial charge on any atom is 0.161 e. The number of hydrogen-bond acceptors (Lipinski definition) is 2. The molecule has 0 aromatic rings. The van der Waals surface area contributed by atoms with Gasteiger partial charge in [0.1, 0.15) is 0 Å². The number of Topliss-reactive ketones (excluding diaryl/α,β-unsaturated/α-hetero) is 1. The molecule has 0 unspecified atom stereocenters. The van der Waals surface area contributed by atoms with Gasteiger partial charge in [0.05, 0.1) is 6.10 Å². The Bertz CT molecular complexity index is 249. The Kier molecular flexibility index (Phi) is 3.02. The molecule has 78 valence electrons. The molecule has 0 aliphatic heterocycles. The van der Waals surface area contributed by atoms with E-state index in [0.29, 0.717) is 17.9 Å². The fourth-order valence-electron chi connectivity index (χ4n) is 2.61. The van der Waals surface area contributed by atoms with Gasteiger partial charge in [0.15, 0.2) is 5.78 Å². The van der Waals surface area contributed by atoms with Crippen molar-refractivity contribution in [2.75, 3.05) is 0 Å². The zero-order valence-corrected chi connectivity index (χ0v) is 8.54. The highest BCUT2D eigenvalue weighted by molar-refractivity contribution is 5.98. The second-order valence-corrected chi connectivity index (χ2v) is 4.46. The van der Waals surface area contributed by atoms with E-state index < -0.39 is 6.10 Å². The first-order valence-electron chi connectivity index (χ1n) is 5.70. The zero-order valence-electron chi connectivity index (χ0n) is 8.54. The molecule has 2 nitrogen and oxygen atoms in total.